The summed E-state index contributed by atoms with van der Waals surface area (Å²) in [4.78, 5) is 40.5. The Morgan fingerprint density at radius 3 is 2.59 bits per heavy atom. The van der Waals surface area contributed by atoms with Crippen molar-refractivity contribution >= 4 is 45.1 Å². The molecule has 2 aliphatic rings. The van der Waals surface area contributed by atoms with E-state index in [1.165, 1.54) is 18.2 Å². The standard InChI is InChI=1S/C19H14BrClF3N5O3/c20-11-1-10(2-12(21)3-11)18(19(22,23)24)4-13(27-8-18)15-25-5-9(6-26-15)16(30)28-14-7-32-29-17(14)31/h1-3,5-6,14H,4,7-8H2,(H,28,30)(H,29,31). The van der Waals surface area contributed by atoms with Crippen LogP contribution in [0, 0.1) is 0 Å². The van der Waals surface area contributed by atoms with Crippen LogP contribution in [0.15, 0.2) is 40.1 Å². The Kier molecular flexibility index (Phi) is 5.94. The molecule has 0 radical (unpaired) electrons. The van der Waals surface area contributed by atoms with E-state index in [2.05, 4.69) is 41.7 Å². The van der Waals surface area contributed by atoms with Crippen LogP contribution >= 0.6 is 27.5 Å². The number of nitrogens with zero attached hydrogens (tertiary/aromatic N) is 3. The predicted octanol–water partition coefficient (Wildman–Crippen LogP) is 2.75. The van der Waals surface area contributed by atoms with Crippen molar-refractivity contribution in [3.8, 4) is 0 Å². The molecule has 0 saturated carbocycles. The van der Waals surface area contributed by atoms with E-state index in [0.717, 1.165) is 12.4 Å². The van der Waals surface area contributed by atoms with Gasteiger partial charge in [-0.1, -0.05) is 27.5 Å². The summed E-state index contributed by atoms with van der Waals surface area (Å²) >= 11 is 9.16. The van der Waals surface area contributed by atoms with Gasteiger partial charge < -0.3 is 5.32 Å². The fraction of sp³-hybridized carbons (Fsp3) is 0.316. The van der Waals surface area contributed by atoms with Crippen molar-refractivity contribution in [1.29, 1.82) is 0 Å². The Morgan fingerprint density at radius 2 is 2.00 bits per heavy atom. The third-order valence-electron chi connectivity index (χ3n) is 5.18. The highest BCUT2D eigenvalue weighted by atomic mass is 79.9. The van der Waals surface area contributed by atoms with E-state index in [4.69, 9.17) is 16.4 Å². The van der Waals surface area contributed by atoms with E-state index in [-0.39, 0.29) is 34.3 Å². The molecular formula is C19H14BrClF3N5O3. The van der Waals surface area contributed by atoms with Gasteiger partial charge in [0.2, 0.25) is 0 Å². The van der Waals surface area contributed by atoms with Gasteiger partial charge in [-0.2, -0.15) is 13.2 Å². The van der Waals surface area contributed by atoms with E-state index >= 15 is 0 Å². The molecular weight excluding hydrogens is 519 g/mol. The largest absolute Gasteiger partial charge is 0.400 e. The molecule has 0 bridgehead atoms. The summed E-state index contributed by atoms with van der Waals surface area (Å²) in [6.45, 7) is -0.569. The lowest BCUT2D eigenvalue weighted by molar-refractivity contribution is -0.183. The molecule has 8 nitrogen and oxygen atoms in total. The Morgan fingerprint density at radius 1 is 1.28 bits per heavy atom. The lowest BCUT2D eigenvalue weighted by Gasteiger charge is -2.31. The molecule has 32 heavy (non-hydrogen) atoms. The van der Waals surface area contributed by atoms with Gasteiger partial charge in [-0.3, -0.25) is 19.4 Å². The molecule has 0 aliphatic carbocycles. The zero-order valence-electron chi connectivity index (χ0n) is 16.0. The molecule has 168 valence electrons. The summed E-state index contributed by atoms with van der Waals surface area (Å²) in [6.07, 6.45) is -2.75. The quantitative estimate of drug-likeness (QED) is 0.630. The summed E-state index contributed by atoms with van der Waals surface area (Å²) in [5.74, 6) is -1.13. The second-order valence-corrected chi connectivity index (χ2v) is 8.63. The molecule has 2 unspecified atom stereocenters. The van der Waals surface area contributed by atoms with Crippen LogP contribution in [0.2, 0.25) is 5.02 Å². The van der Waals surface area contributed by atoms with Gasteiger partial charge in [0.25, 0.3) is 11.8 Å². The maximum atomic E-state index is 14.2. The fourth-order valence-corrected chi connectivity index (χ4v) is 4.30. The molecule has 1 saturated heterocycles. The first kappa shape index (κ1) is 22.6. The van der Waals surface area contributed by atoms with Gasteiger partial charge in [-0.25, -0.2) is 15.4 Å². The van der Waals surface area contributed by atoms with Crippen LogP contribution in [0.1, 0.15) is 28.2 Å². The zero-order chi connectivity index (χ0) is 23.1. The summed E-state index contributed by atoms with van der Waals surface area (Å²) < 4.78 is 43.0. The maximum absolute atomic E-state index is 14.2. The van der Waals surface area contributed by atoms with Crippen LogP contribution in [0.5, 0.6) is 0 Å². The summed E-state index contributed by atoms with van der Waals surface area (Å²) in [5, 5.41) is 2.61. The van der Waals surface area contributed by atoms with Gasteiger partial charge in [-0.05, 0) is 23.8 Å². The molecule has 2 aliphatic heterocycles. The molecule has 2 aromatic rings. The van der Waals surface area contributed by atoms with Gasteiger partial charge in [0, 0.05) is 28.3 Å². The second kappa shape index (κ2) is 8.41. The van der Waals surface area contributed by atoms with Gasteiger partial charge in [0.05, 0.1) is 17.8 Å². The van der Waals surface area contributed by atoms with Crippen molar-refractivity contribution < 1.29 is 27.6 Å². The lowest BCUT2D eigenvalue weighted by atomic mass is 9.77. The number of rotatable bonds is 4. The first-order valence-electron chi connectivity index (χ1n) is 9.21. The number of aromatic nitrogens is 2. The van der Waals surface area contributed by atoms with Crippen LogP contribution in [0.25, 0.3) is 0 Å². The van der Waals surface area contributed by atoms with E-state index < -0.39 is 42.4 Å². The van der Waals surface area contributed by atoms with Gasteiger partial charge >= 0.3 is 6.18 Å². The number of amides is 2. The van der Waals surface area contributed by atoms with Crippen molar-refractivity contribution in [2.45, 2.75) is 24.1 Å². The normalized spacial score (nSPS) is 23.1. The number of carbonyl (C=O) groups excluding carboxylic acids is 2. The minimum absolute atomic E-state index is 0.0174. The first-order valence-corrected chi connectivity index (χ1v) is 10.4. The van der Waals surface area contributed by atoms with E-state index in [1.54, 1.807) is 0 Å². The van der Waals surface area contributed by atoms with E-state index in [0.29, 0.717) is 4.47 Å². The van der Waals surface area contributed by atoms with Gasteiger partial charge in [-0.15, -0.1) is 0 Å². The van der Waals surface area contributed by atoms with Crippen LogP contribution in [0.3, 0.4) is 0 Å². The highest BCUT2D eigenvalue weighted by Crippen LogP contribution is 2.48. The first-order chi connectivity index (χ1) is 15.1. The second-order valence-electron chi connectivity index (χ2n) is 7.28. The van der Waals surface area contributed by atoms with Crippen molar-refractivity contribution in [1.82, 2.24) is 20.8 Å². The van der Waals surface area contributed by atoms with Crippen LogP contribution in [0.4, 0.5) is 13.2 Å². The molecule has 1 aromatic carbocycles. The Hall–Kier alpha value is -2.57. The average Bonchev–Trinajstić information content (AvgIpc) is 3.35. The van der Waals surface area contributed by atoms with Crippen LogP contribution < -0.4 is 10.8 Å². The average molecular weight is 533 g/mol. The van der Waals surface area contributed by atoms with Crippen molar-refractivity contribution in [3.05, 3.63) is 57.0 Å². The van der Waals surface area contributed by atoms with Crippen molar-refractivity contribution in [2.75, 3.05) is 13.2 Å². The molecule has 4 rings (SSSR count). The number of nitrogens with one attached hydrogen (secondary N) is 2. The molecule has 2 N–H and O–H groups in total. The third kappa shape index (κ3) is 4.21. The van der Waals surface area contributed by atoms with Crippen molar-refractivity contribution in [3.63, 3.8) is 0 Å². The number of hydroxylamine groups is 1. The Bertz CT molecular complexity index is 1090. The number of alkyl halides is 3. The Balaban J connectivity index is 1.55. The minimum Gasteiger partial charge on any atom is -0.338 e. The van der Waals surface area contributed by atoms with Crippen LogP contribution in [-0.2, 0) is 15.0 Å². The van der Waals surface area contributed by atoms with E-state index in [9.17, 15) is 22.8 Å². The molecule has 1 fully saturated rings. The number of halogens is 5. The molecule has 13 heteroatoms. The monoisotopic (exact) mass is 531 g/mol. The van der Waals surface area contributed by atoms with Crippen molar-refractivity contribution in [2.24, 2.45) is 4.99 Å². The number of carbonyl (C=O) groups is 2. The van der Waals surface area contributed by atoms with Crippen LogP contribution in [-0.4, -0.2) is 52.9 Å². The smallest absolute Gasteiger partial charge is 0.338 e. The SMILES string of the molecule is O=C(NC1CONC1=O)c1cnc(C2=NCC(c3cc(Cl)cc(Br)c3)(C(F)(F)F)C2)nc1. The molecule has 0 spiro atoms. The lowest BCUT2D eigenvalue weighted by Crippen LogP contribution is -2.44. The highest BCUT2D eigenvalue weighted by molar-refractivity contribution is 9.10. The Labute approximate surface area is 192 Å². The molecule has 2 amide bonds. The molecule has 2 atom stereocenters. The summed E-state index contributed by atoms with van der Waals surface area (Å²) in [5.41, 5.74) is -0.0823. The molecule has 3 heterocycles. The maximum Gasteiger partial charge on any atom is 0.400 e. The summed E-state index contributed by atoms with van der Waals surface area (Å²) in [6, 6.07) is 3.29. The summed E-state index contributed by atoms with van der Waals surface area (Å²) in [7, 11) is 0. The molecule has 1 aromatic heterocycles. The predicted molar refractivity (Wildman–Crippen MR) is 110 cm³/mol. The minimum atomic E-state index is -4.61. The number of hydrogen-bond acceptors (Lipinski definition) is 6. The van der Waals surface area contributed by atoms with Gasteiger partial charge in [0.1, 0.15) is 18.1 Å². The van der Waals surface area contributed by atoms with E-state index in [1.807, 2.05) is 0 Å². The zero-order valence-corrected chi connectivity index (χ0v) is 18.4. The third-order valence-corrected chi connectivity index (χ3v) is 5.86. The highest BCUT2D eigenvalue weighted by Gasteiger charge is 2.58. The number of benzene rings is 1. The topological polar surface area (TPSA) is 106 Å². The number of aliphatic imine (C=N–C) groups is 1. The fourth-order valence-electron chi connectivity index (χ4n) is 3.44. The van der Waals surface area contributed by atoms with Gasteiger partial charge in [0.15, 0.2) is 5.82 Å². The number of hydrogen-bond donors (Lipinski definition) is 2.